The van der Waals surface area contributed by atoms with E-state index in [1.165, 1.54) is 29.3 Å². The average molecular weight is 377 g/mol. The van der Waals surface area contributed by atoms with Gasteiger partial charge in [-0.15, -0.1) is 0 Å². The summed E-state index contributed by atoms with van der Waals surface area (Å²) in [6.45, 7) is 0.682. The van der Waals surface area contributed by atoms with Crippen LogP contribution >= 0.6 is 15.9 Å². The predicted octanol–water partition coefficient (Wildman–Crippen LogP) is 2.67. The Labute approximate surface area is 138 Å². The topological polar surface area (TPSA) is 59.7 Å². The van der Waals surface area contributed by atoms with Gasteiger partial charge in [0, 0.05) is 12.3 Å². The zero-order chi connectivity index (χ0) is 16.0. The Morgan fingerprint density at radius 2 is 2.17 bits per heavy atom. The summed E-state index contributed by atoms with van der Waals surface area (Å²) in [6, 6.07) is 4.11. The molecule has 3 heterocycles. The summed E-state index contributed by atoms with van der Waals surface area (Å²) >= 11 is 3.37. The van der Waals surface area contributed by atoms with Crippen LogP contribution in [0.5, 0.6) is 5.75 Å². The lowest BCUT2D eigenvalue weighted by Gasteiger charge is -2.29. The van der Waals surface area contributed by atoms with Crippen molar-refractivity contribution in [3.63, 3.8) is 0 Å². The van der Waals surface area contributed by atoms with Gasteiger partial charge in [0.25, 0.3) is 5.91 Å². The zero-order valence-electron chi connectivity index (χ0n) is 11.7. The van der Waals surface area contributed by atoms with Crippen LogP contribution in [0, 0.1) is 5.82 Å². The quantitative estimate of drug-likeness (QED) is 0.654. The highest BCUT2D eigenvalue weighted by atomic mass is 79.9. The summed E-state index contributed by atoms with van der Waals surface area (Å²) in [7, 11) is 0. The number of hydrogen-bond acceptors (Lipinski definition) is 4. The number of ether oxygens (including phenoxy) is 1. The van der Waals surface area contributed by atoms with Gasteiger partial charge in [0.2, 0.25) is 0 Å². The molecule has 0 N–H and O–H groups in total. The van der Waals surface area contributed by atoms with Gasteiger partial charge in [-0.1, -0.05) is 0 Å². The Morgan fingerprint density at radius 3 is 3.04 bits per heavy atom. The van der Waals surface area contributed by atoms with Crippen molar-refractivity contribution < 1.29 is 13.9 Å². The molecule has 1 aliphatic rings. The summed E-state index contributed by atoms with van der Waals surface area (Å²) < 4.78 is 21.2. The van der Waals surface area contributed by atoms with Crippen molar-refractivity contribution >= 4 is 33.2 Å². The molecule has 23 heavy (non-hydrogen) atoms. The molecular formula is C15H10BrFN4O2. The van der Waals surface area contributed by atoms with Crippen molar-refractivity contribution in [2.24, 2.45) is 0 Å². The van der Waals surface area contributed by atoms with Crippen molar-refractivity contribution in [1.29, 1.82) is 0 Å². The highest BCUT2D eigenvalue weighted by Crippen LogP contribution is 2.32. The molecule has 2 aromatic heterocycles. The van der Waals surface area contributed by atoms with Gasteiger partial charge in [0.1, 0.15) is 28.5 Å². The number of benzene rings is 1. The molecule has 0 unspecified atom stereocenters. The minimum absolute atomic E-state index is 0.272. The van der Waals surface area contributed by atoms with Crippen LogP contribution in [0.4, 0.5) is 10.1 Å². The fourth-order valence-electron chi connectivity index (χ4n) is 2.51. The number of fused-ring (bicyclic) bond motifs is 2. The molecular weight excluding hydrogens is 367 g/mol. The number of hydrogen-bond donors (Lipinski definition) is 0. The van der Waals surface area contributed by atoms with Crippen molar-refractivity contribution in [2.75, 3.05) is 18.1 Å². The molecule has 0 fully saturated rings. The molecule has 0 aliphatic carbocycles. The van der Waals surface area contributed by atoms with Gasteiger partial charge >= 0.3 is 0 Å². The molecule has 0 atom stereocenters. The van der Waals surface area contributed by atoms with Crippen LogP contribution in [0.1, 0.15) is 10.5 Å². The Morgan fingerprint density at radius 1 is 1.30 bits per heavy atom. The SMILES string of the molecule is O=C(c1cn2c(Br)cnc2cn1)N1CCOc2cc(F)ccc21. The first-order chi connectivity index (χ1) is 11.1. The van der Waals surface area contributed by atoms with E-state index in [0.717, 1.165) is 4.60 Å². The van der Waals surface area contributed by atoms with E-state index in [0.29, 0.717) is 30.2 Å². The minimum Gasteiger partial charge on any atom is -0.489 e. The van der Waals surface area contributed by atoms with Gasteiger partial charge in [-0.3, -0.25) is 9.20 Å². The fourth-order valence-corrected chi connectivity index (χ4v) is 2.90. The normalized spacial score (nSPS) is 13.7. The lowest BCUT2D eigenvalue weighted by Crippen LogP contribution is -2.38. The van der Waals surface area contributed by atoms with Crippen molar-refractivity contribution in [2.45, 2.75) is 0 Å². The molecule has 6 nitrogen and oxygen atoms in total. The minimum atomic E-state index is -0.403. The van der Waals surface area contributed by atoms with Crippen molar-refractivity contribution in [3.05, 3.63) is 52.9 Å². The van der Waals surface area contributed by atoms with Gasteiger partial charge in [-0.2, -0.15) is 0 Å². The van der Waals surface area contributed by atoms with Gasteiger partial charge in [0.05, 0.1) is 24.6 Å². The van der Waals surface area contributed by atoms with Crippen LogP contribution in [0.3, 0.4) is 0 Å². The summed E-state index contributed by atoms with van der Waals surface area (Å²) in [5.41, 5.74) is 1.44. The van der Waals surface area contributed by atoms with Gasteiger partial charge < -0.3 is 9.64 Å². The van der Waals surface area contributed by atoms with Gasteiger partial charge in [-0.05, 0) is 28.1 Å². The fraction of sp³-hybridized carbons (Fsp3) is 0.133. The maximum atomic E-state index is 13.3. The summed E-state index contributed by atoms with van der Waals surface area (Å²) in [5, 5.41) is 0. The number of rotatable bonds is 1. The number of carbonyl (C=O) groups is 1. The highest BCUT2D eigenvalue weighted by molar-refractivity contribution is 9.10. The van der Waals surface area contributed by atoms with E-state index in [2.05, 4.69) is 25.9 Å². The monoisotopic (exact) mass is 376 g/mol. The number of imidazole rings is 1. The molecule has 1 amide bonds. The largest absolute Gasteiger partial charge is 0.489 e. The van der Waals surface area contributed by atoms with Gasteiger partial charge in [-0.25, -0.2) is 14.4 Å². The highest BCUT2D eigenvalue weighted by Gasteiger charge is 2.26. The van der Waals surface area contributed by atoms with Gasteiger partial charge in [0.15, 0.2) is 5.65 Å². The smallest absolute Gasteiger partial charge is 0.278 e. The molecule has 1 aliphatic heterocycles. The average Bonchev–Trinajstić information content (AvgIpc) is 2.94. The number of nitrogens with zero attached hydrogens (tertiary/aromatic N) is 4. The van der Waals surface area contributed by atoms with E-state index in [1.807, 2.05) is 0 Å². The molecule has 1 aromatic carbocycles. The summed E-state index contributed by atoms with van der Waals surface area (Å²) in [4.78, 5) is 22.6. The maximum absolute atomic E-state index is 13.3. The Bertz CT molecular complexity index is 927. The third-order valence-electron chi connectivity index (χ3n) is 3.60. The predicted molar refractivity (Wildman–Crippen MR) is 84.3 cm³/mol. The van der Waals surface area contributed by atoms with Crippen LogP contribution in [0.15, 0.2) is 41.4 Å². The first-order valence-corrected chi connectivity index (χ1v) is 7.65. The third-order valence-corrected chi connectivity index (χ3v) is 4.19. The van der Waals surface area contributed by atoms with Crippen LogP contribution in [-0.2, 0) is 0 Å². The second-order valence-electron chi connectivity index (χ2n) is 5.00. The molecule has 116 valence electrons. The van der Waals surface area contributed by atoms with E-state index in [9.17, 15) is 9.18 Å². The summed E-state index contributed by atoms with van der Waals surface area (Å²) in [5.74, 6) is -0.321. The molecule has 0 saturated heterocycles. The lowest BCUT2D eigenvalue weighted by atomic mass is 10.2. The number of aromatic nitrogens is 3. The van der Waals surface area contributed by atoms with E-state index in [4.69, 9.17) is 4.74 Å². The van der Waals surface area contributed by atoms with E-state index >= 15 is 0 Å². The molecule has 0 bridgehead atoms. The maximum Gasteiger partial charge on any atom is 0.278 e. The molecule has 0 spiro atoms. The standard InChI is InChI=1S/C15H10BrFN4O2/c16-13-6-19-14-7-18-10(8-21(13)14)15(22)20-3-4-23-12-5-9(17)1-2-11(12)20/h1-2,5-8H,3-4H2. The number of anilines is 1. The molecule has 3 aromatic rings. The Balaban J connectivity index is 1.75. The van der Waals surface area contributed by atoms with Crippen LogP contribution in [-0.4, -0.2) is 33.4 Å². The molecule has 4 rings (SSSR count). The molecule has 0 radical (unpaired) electrons. The number of carbonyl (C=O) groups excluding carboxylic acids is 1. The van der Waals surface area contributed by atoms with Crippen LogP contribution < -0.4 is 9.64 Å². The Hall–Kier alpha value is -2.48. The zero-order valence-corrected chi connectivity index (χ0v) is 13.3. The first kappa shape index (κ1) is 14.1. The van der Waals surface area contributed by atoms with E-state index in [-0.39, 0.29) is 11.6 Å². The first-order valence-electron chi connectivity index (χ1n) is 6.86. The van der Waals surface area contributed by atoms with E-state index in [1.54, 1.807) is 16.8 Å². The molecule has 0 saturated carbocycles. The molecule has 8 heteroatoms. The third kappa shape index (κ3) is 2.35. The number of halogens is 2. The number of amides is 1. The summed E-state index contributed by atoms with van der Waals surface area (Å²) in [6.07, 6.45) is 4.79. The lowest BCUT2D eigenvalue weighted by molar-refractivity contribution is 0.0971. The second kappa shape index (κ2) is 5.31. The van der Waals surface area contributed by atoms with Crippen molar-refractivity contribution in [3.8, 4) is 5.75 Å². The second-order valence-corrected chi connectivity index (χ2v) is 5.81. The van der Waals surface area contributed by atoms with Crippen LogP contribution in [0.25, 0.3) is 5.65 Å². The van der Waals surface area contributed by atoms with Crippen LogP contribution in [0.2, 0.25) is 0 Å². The van der Waals surface area contributed by atoms with E-state index < -0.39 is 5.82 Å². The Kier molecular flexibility index (Phi) is 3.26. The van der Waals surface area contributed by atoms with Crippen molar-refractivity contribution in [1.82, 2.24) is 14.4 Å².